The molecule has 2 aromatic rings. The number of hydrogen-bond acceptors (Lipinski definition) is 5. The van der Waals surface area contributed by atoms with E-state index in [0.717, 1.165) is 11.3 Å². The van der Waals surface area contributed by atoms with Crippen LogP contribution in [-0.2, 0) is 16.1 Å². The van der Waals surface area contributed by atoms with E-state index in [4.69, 9.17) is 14.2 Å². The Morgan fingerprint density at radius 3 is 2.04 bits per heavy atom. The number of anilines is 1. The van der Waals surface area contributed by atoms with Crippen molar-refractivity contribution in [2.75, 3.05) is 26.6 Å². The van der Waals surface area contributed by atoms with E-state index in [2.05, 4.69) is 10.6 Å². The zero-order valence-corrected chi connectivity index (χ0v) is 16.8. The number of rotatable bonds is 8. The van der Waals surface area contributed by atoms with Gasteiger partial charge in [0.2, 0.25) is 11.8 Å². The summed E-state index contributed by atoms with van der Waals surface area (Å²) in [6.07, 6.45) is 0. The maximum Gasteiger partial charge on any atom is 0.239 e. The molecule has 2 rings (SSSR count). The van der Waals surface area contributed by atoms with Gasteiger partial charge in [0.15, 0.2) is 0 Å². The summed E-state index contributed by atoms with van der Waals surface area (Å²) in [5.74, 6) is 0.942. The fourth-order valence-electron chi connectivity index (χ4n) is 2.44. The van der Waals surface area contributed by atoms with Crippen LogP contribution in [-0.4, -0.2) is 33.1 Å². The van der Waals surface area contributed by atoms with Gasteiger partial charge in [-0.2, -0.15) is 0 Å². The first kappa shape index (κ1) is 21.1. The molecule has 150 valence electrons. The van der Waals surface area contributed by atoms with Crippen molar-refractivity contribution >= 4 is 17.5 Å². The monoisotopic (exact) mass is 386 g/mol. The second-order valence-electron chi connectivity index (χ2n) is 6.68. The fourth-order valence-corrected chi connectivity index (χ4v) is 2.44. The van der Waals surface area contributed by atoms with Gasteiger partial charge in [0.25, 0.3) is 0 Å². The highest BCUT2D eigenvalue weighted by Crippen LogP contribution is 2.30. The lowest BCUT2D eigenvalue weighted by atomic mass is 9.90. The maximum atomic E-state index is 12.8. The molecule has 0 radical (unpaired) electrons. The molecular formula is C21H26N2O5. The van der Waals surface area contributed by atoms with E-state index < -0.39 is 11.3 Å². The van der Waals surface area contributed by atoms with Crippen LogP contribution in [0.3, 0.4) is 0 Å². The van der Waals surface area contributed by atoms with Crippen LogP contribution >= 0.6 is 0 Å². The van der Waals surface area contributed by atoms with Gasteiger partial charge < -0.3 is 24.8 Å². The number of hydrogen-bond donors (Lipinski definition) is 2. The minimum Gasteiger partial charge on any atom is -0.497 e. The molecule has 0 aliphatic carbocycles. The first-order valence-electron chi connectivity index (χ1n) is 8.76. The molecule has 2 amide bonds. The predicted molar refractivity (Wildman–Crippen MR) is 107 cm³/mol. The molecule has 0 fully saturated rings. The van der Waals surface area contributed by atoms with Crippen LogP contribution in [0.1, 0.15) is 19.4 Å². The molecule has 0 bridgehead atoms. The van der Waals surface area contributed by atoms with Crippen molar-refractivity contribution in [2.45, 2.75) is 20.4 Å². The Kier molecular flexibility index (Phi) is 6.87. The highest BCUT2D eigenvalue weighted by atomic mass is 16.5. The zero-order valence-electron chi connectivity index (χ0n) is 16.8. The topological polar surface area (TPSA) is 85.9 Å². The summed E-state index contributed by atoms with van der Waals surface area (Å²) in [4.78, 5) is 25.4. The molecule has 0 aromatic heterocycles. The largest absolute Gasteiger partial charge is 0.497 e. The van der Waals surface area contributed by atoms with Crippen molar-refractivity contribution < 1.29 is 23.8 Å². The van der Waals surface area contributed by atoms with Crippen LogP contribution in [0.15, 0.2) is 42.5 Å². The maximum absolute atomic E-state index is 12.8. The summed E-state index contributed by atoms with van der Waals surface area (Å²) >= 11 is 0. The lowest BCUT2D eigenvalue weighted by Gasteiger charge is -2.23. The van der Waals surface area contributed by atoms with E-state index >= 15 is 0 Å². The van der Waals surface area contributed by atoms with E-state index in [9.17, 15) is 9.59 Å². The average molecular weight is 386 g/mol. The van der Waals surface area contributed by atoms with Crippen LogP contribution in [0.2, 0.25) is 0 Å². The molecule has 2 aromatic carbocycles. The first-order chi connectivity index (χ1) is 13.3. The van der Waals surface area contributed by atoms with E-state index in [1.807, 2.05) is 24.3 Å². The van der Waals surface area contributed by atoms with Gasteiger partial charge in [-0.05, 0) is 43.7 Å². The second-order valence-corrected chi connectivity index (χ2v) is 6.68. The lowest BCUT2D eigenvalue weighted by molar-refractivity contribution is -0.138. The Morgan fingerprint density at radius 1 is 0.857 bits per heavy atom. The van der Waals surface area contributed by atoms with Crippen molar-refractivity contribution in [2.24, 2.45) is 5.41 Å². The van der Waals surface area contributed by atoms with Gasteiger partial charge in [0.05, 0.1) is 27.0 Å². The quantitative estimate of drug-likeness (QED) is 0.681. The SMILES string of the molecule is COc1ccc(CNC(=O)C(C)(C)C(=O)Nc2cc(OC)ccc2OC)cc1. The highest BCUT2D eigenvalue weighted by Gasteiger charge is 2.36. The number of carbonyl (C=O) groups excluding carboxylic acids is 2. The molecule has 0 aliphatic heterocycles. The molecular weight excluding hydrogens is 360 g/mol. The third-order valence-corrected chi connectivity index (χ3v) is 4.40. The number of methoxy groups -OCH3 is 3. The van der Waals surface area contributed by atoms with Gasteiger partial charge in [-0.1, -0.05) is 12.1 Å². The Labute approximate surface area is 165 Å². The minimum absolute atomic E-state index is 0.308. The number of amides is 2. The van der Waals surface area contributed by atoms with E-state index in [-0.39, 0.29) is 5.91 Å². The normalized spacial score (nSPS) is 10.8. The van der Waals surface area contributed by atoms with E-state index in [1.165, 1.54) is 14.2 Å². The molecule has 28 heavy (non-hydrogen) atoms. The molecule has 0 atom stereocenters. The number of carbonyl (C=O) groups is 2. The van der Waals surface area contributed by atoms with E-state index in [0.29, 0.717) is 23.7 Å². The molecule has 2 N–H and O–H groups in total. The molecule has 0 saturated heterocycles. The van der Waals surface area contributed by atoms with Crippen molar-refractivity contribution in [1.29, 1.82) is 0 Å². The first-order valence-corrected chi connectivity index (χ1v) is 8.76. The Bertz CT molecular complexity index is 831. The molecule has 0 unspecified atom stereocenters. The summed E-state index contributed by atoms with van der Waals surface area (Å²) in [7, 11) is 4.63. The third-order valence-electron chi connectivity index (χ3n) is 4.40. The number of nitrogens with one attached hydrogen (secondary N) is 2. The Morgan fingerprint density at radius 2 is 1.46 bits per heavy atom. The molecule has 0 saturated carbocycles. The summed E-state index contributed by atoms with van der Waals surface area (Å²) in [5.41, 5.74) is 0.0447. The average Bonchev–Trinajstić information content (AvgIpc) is 2.72. The number of benzene rings is 2. The summed E-state index contributed by atoms with van der Waals surface area (Å²) in [6.45, 7) is 3.44. The van der Waals surface area contributed by atoms with Crippen LogP contribution in [0.5, 0.6) is 17.2 Å². The summed E-state index contributed by atoms with van der Waals surface area (Å²) in [5, 5.41) is 5.55. The van der Waals surface area contributed by atoms with Crippen LogP contribution in [0.25, 0.3) is 0 Å². The van der Waals surface area contributed by atoms with Crippen molar-refractivity contribution in [3.63, 3.8) is 0 Å². The zero-order chi connectivity index (χ0) is 20.7. The number of ether oxygens (including phenoxy) is 3. The van der Waals surface area contributed by atoms with Crippen LogP contribution in [0.4, 0.5) is 5.69 Å². The Balaban J connectivity index is 2.05. The summed E-state index contributed by atoms with van der Waals surface area (Å²) in [6, 6.07) is 12.4. The minimum atomic E-state index is -1.29. The van der Waals surface area contributed by atoms with Gasteiger partial charge in [-0.25, -0.2) is 0 Å². The fraction of sp³-hybridized carbons (Fsp3) is 0.333. The second kappa shape index (κ2) is 9.12. The summed E-state index contributed by atoms with van der Waals surface area (Å²) < 4.78 is 15.6. The van der Waals surface area contributed by atoms with Gasteiger partial charge >= 0.3 is 0 Å². The van der Waals surface area contributed by atoms with Crippen LogP contribution < -0.4 is 24.8 Å². The van der Waals surface area contributed by atoms with Gasteiger partial charge in [-0.15, -0.1) is 0 Å². The van der Waals surface area contributed by atoms with Crippen molar-refractivity contribution in [1.82, 2.24) is 5.32 Å². The van der Waals surface area contributed by atoms with Gasteiger partial charge in [0, 0.05) is 12.6 Å². The lowest BCUT2D eigenvalue weighted by Crippen LogP contribution is -2.44. The molecule has 7 heteroatoms. The molecule has 0 spiro atoms. The molecule has 0 aliphatic rings. The van der Waals surface area contributed by atoms with Crippen molar-refractivity contribution in [3.8, 4) is 17.2 Å². The predicted octanol–water partition coefficient (Wildman–Crippen LogP) is 2.99. The van der Waals surface area contributed by atoms with Gasteiger partial charge in [-0.3, -0.25) is 9.59 Å². The molecule has 0 heterocycles. The smallest absolute Gasteiger partial charge is 0.239 e. The van der Waals surface area contributed by atoms with Crippen molar-refractivity contribution in [3.05, 3.63) is 48.0 Å². The van der Waals surface area contributed by atoms with Gasteiger partial charge in [0.1, 0.15) is 22.7 Å². The Hall–Kier alpha value is -3.22. The highest BCUT2D eigenvalue weighted by molar-refractivity contribution is 6.10. The van der Waals surface area contributed by atoms with Crippen LogP contribution in [0, 0.1) is 5.41 Å². The molecule has 7 nitrogen and oxygen atoms in total. The standard InChI is InChI=1S/C21H26N2O5/c1-21(2,19(24)22-13-14-6-8-15(26-3)9-7-14)20(25)23-17-12-16(27-4)10-11-18(17)28-5/h6-12H,13H2,1-5H3,(H,22,24)(H,23,25). The third kappa shape index (κ3) is 4.94. The van der Waals surface area contributed by atoms with E-state index in [1.54, 1.807) is 39.2 Å².